The van der Waals surface area contributed by atoms with E-state index in [-0.39, 0.29) is 22.7 Å². The van der Waals surface area contributed by atoms with Crippen molar-refractivity contribution in [3.05, 3.63) is 46.6 Å². The van der Waals surface area contributed by atoms with Gasteiger partial charge in [0.05, 0.1) is 18.8 Å². The topological polar surface area (TPSA) is 314 Å². The molecule has 4 heterocycles. The van der Waals surface area contributed by atoms with Crippen molar-refractivity contribution in [1.82, 2.24) is 0 Å². The predicted molar refractivity (Wildman–Crippen MR) is 179 cm³/mol. The molecule has 6 rings (SSSR count). The number of hydrogen-bond donors (Lipinski definition) is 10. The van der Waals surface area contributed by atoms with E-state index in [0.29, 0.717) is 0 Å². The Kier molecular flexibility index (Phi) is 11.9. The van der Waals surface area contributed by atoms with E-state index in [1.807, 2.05) is 0 Å². The van der Waals surface area contributed by atoms with Crippen molar-refractivity contribution in [2.24, 2.45) is 0 Å². The molecule has 3 fully saturated rings. The number of aliphatic hydroxyl groups is 7. The van der Waals surface area contributed by atoms with Gasteiger partial charge in [-0.15, -0.1) is 0 Å². The zero-order valence-corrected chi connectivity index (χ0v) is 29.4. The summed E-state index contributed by atoms with van der Waals surface area (Å²) in [4.78, 5) is 25.8. The van der Waals surface area contributed by atoms with E-state index in [4.69, 9.17) is 37.6 Å². The minimum Gasteiger partial charge on any atom is -0.508 e. The monoisotopic (exact) mass is 782 g/mol. The molecule has 0 aliphatic carbocycles. The Balaban J connectivity index is 1.22. The lowest BCUT2D eigenvalue weighted by Gasteiger charge is -2.46. The zero-order chi connectivity index (χ0) is 40.0. The van der Waals surface area contributed by atoms with Crippen molar-refractivity contribution in [3.8, 4) is 34.3 Å². The van der Waals surface area contributed by atoms with Crippen LogP contribution in [0.1, 0.15) is 20.8 Å². The van der Waals surface area contributed by atoms with Crippen molar-refractivity contribution in [3.63, 3.8) is 0 Å². The van der Waals surface area contributed by atoms with Crippen LogP contribution in [0.15, 0.2) is 45.6 Å². The van der Waals surface area contributed by atoms with Gasteiger partial charge in [0.1, 0.15) is 83.2 Å². The van der Waals surface area contributed by atoms with Crippen LogP contribution in [0, 0.1) is 0 Å². The van der Waals surface area contributed by atoms with Gasteiger partial charge in [-0.05, 0) is 38.1 Å². The fourth-order valence-electron chi connectivity index (χ4n) is 6.56. The van der Waals surface area contributed by atoms with Crippen LogP contribution >= 0.6 is 0 Å². The van der Waals surface area contributed by atoms with E-state index in [0.717, 1.165) is 19.1 Å². The second-order valence-corrected chi connectivity index (χ2v) is 13.5. The lowest BCUT2D eigenvalue weighted by atomic mass is 9.97. The Labute approximate surface area is 310 Å². The molecule has 3 aliphatic rings. The fourth-order valence-corrected chi connectivity index (χ4v) is 6.56. The number of rotatable bonds is 9. The molecule has 20 heteroatoms. The molecular formula is C35H42O20. The van der Waals surface area contributed by atoms with Crippen LogP contribution in [-0.2, 0) is 33.2 Å². The largest absolute Gasteiger partial charge is 0.508 e. The van der Waals surface area contributed by atoms with Gasteiger partial charge in [-0.1, -0.05) is 0 Å². The highest BCUT2D eigenvalue weighted by Crippen LogP contribution is 2.38. The van der Waals surface area contributed by atoms with Gasteiger partial charge in [0.15, 0.2) is 24.4 Å². The summed E-state index contributed by atoms with van der Waals surface area (Å²) in [5, 5.41) is 104. The number of phenolic OH excluding ortho intramolecular Hbond substituents is 3. The SMILES string of the molecule is CC(=O)O[C@@H]1[C@H](O)[C@@H](OC[C@@H]2O[C@H](Oc3c(-c4ccc(O)cc4)oc4cc(O)cc(O)c4c3=O)[C@@H](O)[C@H](O)[C@@H]2O)O[C@H](C)[C@@H]1O[C@H]1O[C@H](C)[C@@H](O)[C@H](O)[C@@H]1O. The summed E-state index contributed by atoms with van der Waals surface area (Å²) >= 11 is 0. The van der Waals surface area contributed by atoms with E-state index in [1.165, 1.54) is 38.1 Å². The van der Waals surface area contributed by atoms with E-state index in [9.17, 15) is 60.7 Å². The van der Waals surface area contributed by atoms with Gasteiger partial charge in [0, 0.05) is 24.6 Å². The maximum absolute atomic E-state index is 13.8. The quantitative estimate of drug-likeness (QED) is 0.105. The minimum atomic E-state index is -2.00. The van der Waals surface area contributed by atoms with Crippen molar-refractivity contribution in [2.45, 2.75) is 113 Å². The molecule has 0 amide bonds. The van der Waals surface area contributed by atoms with Gasteiger partial charge >= 0.3 is 5.97 Å². The van der Waals surface area contributed by atoms with Gasteiger partial charge in [-0.2, -0.15) is 0 Å². The maximum Gasteiger partial charge on any atom is 0.303 e. The molecule has 0 unspecified atom stereocenters. The summed E-state index contributed by atoms with van der Waals surface area (Å²) in [5.41, 5.74) is -1.08. The second-order valence-electron chi connectivity index (χ2n) is 13.5. The van der Waals surface area contributed by atoms with Crippen LogP contribution < -0.4 is 10.2 Å². The Hall–Kier alpha value is -4.16. The summed E-state index contributed by atoms with van der Waals surface area (Å²) in [5.74, 6) is -3.01. The molecule has 3 saturated heterocycles. The first-order valence-corrected chi connectivity index (χ1v) is 17.1. The smallest absolute Gasteiger partial charge is 0.303 e. The van der Waals surface area contributed by atoms with Gasteiger partial charge in [0.25, 0.3) is 0 Å². The molecule has 0 saturated carbocycles. The Morgan fingerprint density at radius 1 is 0.709 bits per heavy atom. The predicted octanol–water partition coefficient (Wildman–Crippen LogP) is -1.97. The Morgan fingerprint density at radius 2 is 1.35 bits per heavy atom. The van der Waals surface area contributed by atoms with Gasteiger partial charge in [0.2, 0.25) is 17.5 Å². The van der Waals surface area contributed by atoms with Crippen molar-refractivity contribution in [2.75, 3.05) is 6.61 Å². The lowest BCUT2D eigenvalue weighted by Crippen LogP contribution is -2.64. The van der Waals surface area contributed by atoms with Crippen molar-refractivity contribution >= 4 is 16.9 Å². The van der Waals surface area contributed by atoms with E-state index < -0.39 is 133 Å². The van der Waals surface area contributed by atoms with Crippen LogP contribution in [0.3, 0.4) is 0 Å². The third-order valence-electron chi connectivity index (χ3n) is 9.53. The zero-order valence-electron chi connectivity index (χ0n) is 29.4. The molecule has 1 aromatic heterocycles. The normalized spacial score (nSPS) is 36.7. The first-order valence-electron chi connectivity index (χ1n) is 17.1. The Morgan fingerprint density at radius 3 is 2.02 bits per heavy atom. The molecule has 20 nitrogen and oxygen atoms in total. The Bertz CT molecular complexity index is 1880. The van der Waals surface area contributed by atoms with Gasteiger partial charge in [-0.3, -0.25) is 9.59 Å². The number of hydrogen-bond acceptors (Lipinski definition) is 20. The number of carbonyl (C=O) groups excluding carboxylic acids is 1. The number of aromatic hydroxyl groups is 3. The summed E-state index contributed by atoms with van der Waals surface area (Å²) in [6.07, 6.45) is -23.9. The molecule has 302 valence electrons. The summed E-state index contributed by atoms with van der Waals surface area (Å²) < 4.78 is 45.5. The first kappa shape index (κ1) is 40.5. The molecular weight excluding hydrogens is 740 g/mol. The first-order chi connectivity index (χ1) is 26.0. The lowest BCUT2D eigenvalue weighted by molar-refractivity contribution is -0.357. The van der Waals surface area contributed by atoms with Gasteiger partial charge < -0.3 is 88.6 Å². The number of ether oxygens (including phenoxy) is 7. The number of aliphatic hydroxyl groups excluding tert-OH is 7. The highest BCUT2D eigenvalue weighted by atomic mass is 16.8. The van der Waals surface area contributed by atoms with Crippen LogP contribution in [0.2, 0.25) is 0 Å². The molecule has 15 atom stereocenters. The number of carbonyl (C=O) groups is 1. The maximum atomic E-state index is 13.8. The minimum absolute atomic E-state index is 0.133. The molecule has 0 spiro atoms. The molecule has 10 N–H and O–H groups in total. The molecule has 0 bridgehead atoms. The third-order valence-corrected chi connectivity index (χ3v) is 9.53. The highest BCUT2D eigenvalue weighted by Gasteiger charge is 2.52. The summed E-state index contributed by atoms with van der Waals surface area (Å²) in [6, 6.07) is 7.21. The van der Waals surface area contributed by atoms with E-state index in [1.54, 1.807) is 0 Å². The average Bonchev–Trinajstić information content (AvgIpc) is 3.13. The van der Waals surface area contributed by atoms with Crippen LogP contribution in [-0.4, -0.2) is 156 Å². The molecule has 2 aromatic carbocycles. The third kappa shape index (κ3) is 8.08. The van der Waals surface area contributed by atoms with Crippen LogP contribution in [0.4, 0.5) is 0 Å². The van der Waals surface area contributed by atoms with Crippen LogP contribution in [0.5, 0.6) is 23.0 Å². The summed E-state index contributed by atoms with van der Waals surface area (Å²) in [7, 11) is 0. The summed E-state index contributed by atoms with van der Waals surface area (Å²) in [6.45, 7) is 3.25. The van der Waals surface area contributed by atoms with E-state index >= 15 is 0 Å². The van der Waals surface area contributed by atoms with Crippen molar-refractivity contribution in [1.29, 1.82) is 0 Å². The van der Waals surface area contributed by atoms with Crippen LogP contribution in [0.25, 0.3) is 22.3 Å². The number of fused-ring (bicyclic) bond motifs is 1. The molecule has 55 heavy (non-hydrogen) atoms. The fraction of sp³-hybridized carbons (Fsp3) is 0.543. The second kappa shape index (κ2) is 16.1. The standard InChI is InChI=1S/C35H42O20/c1-11-21(40)24(43)26(45)34(49-11)54-29-12(2)50-33(28(47)32(29)51-13(3)36)48-10-19-22(41)25(44)27(46)35(53-19)55-31-23(42)20-17(39)8-16(38)9-18(20)52-30(31)14-4-6-15(37)7-5-14/h4-9,11-12,19,21-22,24-29,32-35,37-41,43-47H,10H2,1-3H3/t11-,12-,19+,21-,22-,24+,25-,26+,27+,28+,29+,32-,33+,34-,35-/m1/s1. The molecule has 0 radical (unpaired) electrons. The highest BCUT2D eigenvalue weighted by molar-refractivity contribution is 5.88. The molecule has 3 aromatic rings. The van der Waals surface area contributed by atoms with Crippen molar-refractivity contribution < 1.29 is 93.4 Å². The van der Waals surface area contributed by atoms with E-state index in [2.05, 4.69) is 0 Å². The number of esters is 1. The number of benzene rings is 2. The number of phenols is 3. The van der Waals surface area contributed by atoms with Gasteiger partial charge in [-0.25, -0.2) is 0 Å². The average molecular weight is 783 g/mol. The molecule has 3 aliphatic heterocycles.